The molecule has 0 bridgehead atoms. The molecule has 0 amide bonds. The van der Waals surface area contributed by atoms with E-state index in [1.165, 1.54) is 16.8 Å². The molecule has 2 aromatic rings. The molecule has 0 N–H and O–H groups in total. The number of hydrogen-bond donors (Lipinski definition) is 0. The van der Waals surface area contributed by atoms with Gasteiger partial charge in [-0.1, -0.05) is 42.0 Å². The van der Waals surface area contributed by atoms with Crippen molar-refractivity contribution in [3.8, 4) is 0 Å². The monoisotopic (exact) mass is 259 g/mol. The SMILES string of the molecule is Cc1ccc(CN(C)c2ccc(CCl)cc2)cc1. The van der Waals surface area contributed by atoms with Gasteiger partial charge in [-0.05, 0) is 30.2 Å². The summed E-state index contributed by atoms with van der Waals surface area (Å²) in [6, 6.07) is 17.1. The maximum absolute atomic E-state index is 5.79. The molecular weight excluding hydrogens is 242 g/mol. The van der Waals surface area contributed by atoms with Crippen LogP contribution in [-0.4, -0.2) is 7.05 Å². The quantitative estimate of drug-likeness (QED) is 0.737. The fourth-order valence-electron chi connectivity index (χ4n) is 1.90. The molecule has 0 aliphatic heterocycles. The lowest BCUT2D eigenvalue weighted by atomic mass is 10.1. The van der Waals surface area contributed by atoms with E-state index in [4.69, 9.17) is 11.6 Å². The van der Waals surface area contributed by atoms with E-state index in [1.54, 1.807) is 0 Å². The van der Waals surface area contributed by atoms with Crippen molar-refractivity contribution in [3.63, 3.8) is 0 Å². The molecule has 1 nitrogen and oxygen atoms in total. The van der Waals surface area contributed by atoms with Gasteiger partial charge in [0, 0.05) is 25.2 Å². The van der Waals surface area contributed by atoms with Crippen LogP contribution in [0.3, 0.4) is 0 Å². The third-order valence-electron chi connectivity index (χ3n) is 3.07. The predicted octanol–water partition coefficient (Wildman–Crippen LogP) is 4.37. The molecule has 2 aromatic carbocycles. The topological polar surface area (TPSA) is 3.24 Å². The Bertz CT molecular complexity index is 488. The lowest BCUT2D eigenvalue weighted by Gasteiger charge is -2.19. The third-order valence-corrected chi connectivity index (χ3v) is 3.38. The summed E-state index contributed by atoms with van der Waals surface area (Å²) in [4.78, 5) is 2.24. The highest BCUT2D eigenvalue weighted by molar-refractivity contribution is 6.17. The summed E-state index contributed by atoms with van der Waals surface area (Å²) < 4.78 is 0. The summed E-state index contributed by atoms with van der Waals surface area (Å²) in [6.07, 6.45) is 0. The Kier molecular flexibility index (Phi) is 4.27. The molecular formula is C16H18ClN. The van der Waals surface area contributed by atoms with Gasteiger partial charge in [0.25, 0.3) is 0 Å². The Labute approximate surface area is 114 Å². The van der Waals surface area contributed by atoms with Gasteiger partial charge in [-0.3, -0.25) is 0 Å². The Morgan fingerprint density at radius 3 is 2.00 bits per heavy atom. The number of nitrogens with zero attached hydrogens (tertiary/aromatic N) is 1. The molecule has 0 radical (unpaired) electrons. The van der Waals surface area contributed by atoms with Gasteiger partial charge in [0.2, 0.25) is 0 Å². The molecule has 0 aliphatic rings. The van der Waals surface area contributed by atoms with E-state index >= 15 is 0 Å². The first-order valence-electron chi connectivity index (χ1n) is 6.10. The number of aryl methyl sites for hydroxylation is 1. The molecule has 0 saturated heterocycles. The number of halogens is 1. The Morgan fingerprint density at radius 1 is 0.889 bits per heavy atom. The Morgan fingerprint density at radius 2 is 1.44 bits per heavy atom. The zero-order valence-corrected chi connectivity index (χ0v) is 11.6. The van der Waals surface area contributed by atoms with E-state index in [-0.39, 0.29) is 0 Å². The van der Waals surface area contributed by atoms with Crippen LogP contribution in [0.15, 0.2) is 48.5 Å². The van der Waals surface area contributed by atoms with E-state index in [0.29, 0.717) is 5.88 Å². The van der Waals surface area contributed by atoms with Crippen molar-refractivity contribution < 1.29 is 0 Å². The first-order valence-corrected chi connectivity index (χ1v) is 6.64. The molecule has 94 valence electrons. The first-order chi connectivity index (χ1) is 8.69. The number of anilines is 1. The van der Waals surface area contributed by atoms with Crippen molar-refractivity contribution in [3.05, 3.63) is 65.2 Å². The Hall–Kier alpha value is -1.47. The van der Waals surface area contributed by atoms with Crippen molar-refractivity contribution in [2.45, 2.75) is 19.3 Å². The van der Waals surface area contributed by atoms with E-state index < -0.39 is 0 Å². The van der Waals surface area contributed by atoms with Crippen LogP contribution in [0.25, 0.3) is 0 Å². The van der Waals surface area contributed by atoms with Crippen molar-refractivity contribution in [2.24, 2.45) is 0 Å². The van der Waals surface area contributed by atoms with Gasteiger partial charge in [-0.15, -0.1) is 11.6 Å². The van der Waals surface area contributed by atoms with Gasteiger partial charge in [0.1, 0.15) is 0 Å². The molecule has 0 aliphatic carbocycles. The zero-order valence-electron chi connectivity index (χ0n) is 10.9. The highest BCUT2D eigenvalue weighted by atomic mass is 35.5. The van der Waals surface area contributed by atoms with Crippen LogP contribution < -0.4 is 4.90 Å². The predicted molar refractivity (Wildman–Crippen MR) is 79.3 cm³/mol. The third kappa shape index (κ3) is 3.27. The average Bonchev–Trinajstić information content (AvgIpc) is 2.41. The van der Waals surface area contributed by atoms with Gasteiger partial charge >= 0.3 is 0 Å². The molecule has 0 heterocycles. The summed E-state index contributed by atoms with van der Waals surface area (Å²) in [6.45, 7) is 3.03. The number of hydrogen-bond acceptors (Lipinski definition) is 1. The minimum Gasteiger partial charge on any atom is -0.370 e. The van der Waals surface area contributed by atoms with Gasteiger partial charge < -0.3 is 4.90 Å². The molecule has 0 spiro atoms. The van der Waals surface area contributed by atoms with Crippen LogP contribution in [0.1, 0.15) is 16.7 Å². The second-order valence-electron chi connectivity index (χ2n) is 4.64. The van der Waals surface area contributed by atoms with E-state index in [9.17, 15) is 0 Å². The fourth-order valence-corrected chi connectivity index (χ4v) is 2.08. The van der Waals surface area contributed by atoms with Crippen LogP contribution in [-0.2, 0) is 12.4 Å². The number of benzene rings is 2. The van der Waals surface area contributed by atoms with Gasteiger partial charge in [-0.25, -0.2) is 0 Å². The first kappa shape index (κ1) is 13.0. The molecule has 0 atom stereocenters. The van der Waals surface area contributed by atoms with Crippen LogP contribution >= 0.6 is 11.6 Å². The fraction of sp³-hybridized carbons (Fsp3) is 0.250. The maximum Gasteiger partial charge on any atom is 0.0474 e. The van der Waals surface area contributed by atoms with Crippen molar-refractivity contribution in [1.82, 2.24) is 0 Å². The molecule has 0 unspecified atom stereocenters. The molecule has 2 heteroatoms. The summed E-state index contributed by atoms with van der Waals surface area (Å²) in [5.74, 6) is 0.571. The summed E-state index contributed by atoms with van der Waals surface area (Å²) in [5.41, 5.74) is 4.99. The highest BCUT2D eigenvalue weighted by Crippen LogP contribution is 2.17. The van der Waals surface area contributed by atoms with Crippen LogP contribution in [0.4, 0.5) is 5.69 Å². The van der Waals surface area contributed by atoms with E-state index in [1.807, 2.05) is 0 Å². The molecule has 0 aromatic heterocycles. The van der Waals surface area contributed by atoms with Crippen molar-refractivity contribution >= 4 is 17.3 Å². The summed E-state index contributed by atoms with van der Waals surface area (Å²) in [5, 5.41) is 0. The lowest BCUT2D eigenvalue weighted by Crippen LogP contribution is -2.16. The van der Waals surface area contributed by atoms with Crippen LogP contribution in [0.2, 0.25) is 0 Å². The van der Waals surface area contributed by atoms with Crippen LogP contribution in [0, 0.1) is 6.92 Å². The van der Waals surface area contributed by atoms with Gasteiger partial charge in [-0.2, -0.15) is 0 Å². The normalized spacial score (nSPS) is 10.4. The van der Waals surface area contributed by atoms with Crippen molar-refractivity contribution in [2.75, 3.05) is 11.9 Å². The lowest BCUT2D eigenvalue weighted by molar-refractivity contribution is 0.922. The summed E-state index contributed by atoms with van der Waals surface area (Å²) >= 11 is 5.79. The maximum atomic E-state index is 5.79. The number of alkyl halides is 1. The zero-order chi connectivity index (χ0) is 13.0. The second-order valence-corrected chi connectivity index (χ2v) is 4.91. The Balaban J connectivity index is 2.06. The molecule has 2 rings (SSSR count). The highest BCUT2D eigenvalue weighted by Gasteiger charge is 2.02. The molecule has 0 saturated carbocycles. The summed E-state index contributed by atoms with van der Waals surface area (Å²) in [7, 11) is 2.11. The molecule has 18 heavy (non-hydrogen) atoms. The van der Waals surface area contributed by atoms with Crippen molar-refractivity contribution in [1.29, 1.82) is 0 Å². The molecule has 0 fully saturated rings. The van der Waals surface area contributed by atoms with Crippen LogP contribution in [0.5, 0.6) is 0 Å². The largest absolute Gasteiger partial charge is 0.370 e. The number of rotatable bonds is 4. The average molecular weight is 260 g/mol. The van der Waals surface area contributed by atoms with E-state index in [2.05, 4.69) is 67.4 Å². The minimum absolute atomic E-state index is 0.571. The van der Waals surface area contributed by atoms with Gasteiger partial charge in [0.05, 0.1) is 0 Å². The minimum atomic E-state index is 0.571. The van der Waals surface area contributed by atoms with Gasteiger partial charge in [0.15, 0.2) is 0 Å². The standard InChI is InChI=1S/C16H18ClN/c1-13-3-5-15(6-4-13)12-18(2)16-9-7-14(11-17)8-10-16/h3-10H,11-12H2,1-2H3. The van der Waals surface area contributed by atoms with E-state index in [0.717, 1.165) is 12.1 Å². The second kappa shape index (κ2) is 5.92. The smallest absolute Gasteiger partial charge is 0.0474 e.